The number of likely N-dealkylation sites (N-methyl/N-ethyl adjacent to an activating group) is 1. The van der Waals surface area contributed by atoms with Gasteiger partial charge in [-0.05, 0) is 37.0 Å². The van der Waals surface area contributed by atoms with Crippen molar-refractivity contribution < 1.29 is 14.6 Å². The molecule has 1 aromatic carbocycles. The van der Waals surface area contributed by atoms with Gasteiger partial charge in [0.2, 0.25) is 0 Å². The summed E-state index contributed by atoms with van der Waals surface area (Å²) >= 11 is 0. The molecule has 1 fully saturated rings. The van der Waals surface area contributed by atoms with Gasteiger partial charge in [-0.15, -0.1) is 0 Å². The van der Waals surface area contributed by atoms with Crippen molar-refractivity contribution in [3.63, 3.8) is 0 Å². The monoisotopic (exact) mass is 263 g/mol. The van der Waals surface area contributed by atoms with E-state index in [1.54, 1.807) is 0 Å². The van der Waals surface area contributed by atoms with E-state index in [0.717, 1.165) is 25.1 Å². The van der Waals surface area contributed by atoms with Crippen molar-refractivity contribution in [3.8, 4) is 0 Å². The van der Waals surface area contributed by atoms with Gasteiger partial charge in [0.25, 0.3) is 0 Å². The summed E-state index contributed by atoms with van der Waals surface area (Å²) in [4.78, 5) is 13.0. The summed E-state index contributed by atoms with van der Waals surface area (Å²) in [6.07, 6.45) is 1.85. The Balaban J connectivity index is 1.90. The molecule has 1 saturated heterocycles. The molecule has 1 aliphatic heterocycles. The first-order valence-electron chi connectivity index (χ1n) is 6.78. The van der Waals surface area contributed by atoms with Crippen LogP contribution in [0.15, 0.2) is 24.3 Å². The van der Waals surface area contributed by atoms with Crippen molar-refractivity contribution in [2.45, 2.75) is 38.4 Å². The summed E-state index contributed by atoms with van der Waals surface area (Å²) in [5, 5.41) is 8.90. The number of ether oxygens (including phenoxy) is 1. The number of hydrogen-bond donors (Lipinski definition) is 1. The normalized spacial score (nSPS) is 22.4. The largest absolute Gasteiger partial charge is 0.479 e. The van der Waals surface area contributed by atoms with E-state index in [4.69, 9.17) is 9.84 Å². The first kappa shape index (κ1) is 13.9. The van der Waals surface area contributed by atoms with Crippen LogP contribution in [0.3, 0.4) is 0 Å². The molecular formula is C15H21NO3. The van der Waals surface area contributed by atoms with Gasteiger partial charge in [-0.3, -0.25) is 0 Å². The molecule has 0 radical (unpaired) electrons. The number of aliphatic carboxylic acids is 1. The molecule has 1 aliphatic rings. The minimum Gasteiger partial charge on any atom is -0.479 e. The van der Waals surface area contributed by atoms with E-state index in [1.165, 1.54) is 5.56 Å². The van der Waals surface area contributed by atoms with Gasteiger partial charge in [0, 0.05) is 19.3 Å². The lowest BCUT2D eigenvalue weighted by Crippen LogP contribution is -2.30. The Hall–Kier alpha value is -1.55. The highest BCUT2D eigenvalue weighted by Gasteiger charge is 2.30. The third-order valence-electron chi connectivity index (χ3n) is 3.65. The van der Waals surface area contributed by atoms with Crippen molar-refractivity contribution in [1.82, 2.24) is 0 Å². The first-order valence-corrected chi connectivity index (χ1v) is 6.78. The topological polar surface area (TPSA) is 49.8 Å². The summed E-state index contributed by atoms with van der Waals surface area (Å²) < 4.78 is 5.52. The van der Waals surface area contributed by atoms with Crippen LogP contribution in [0.5, 0.6) is 0 Å². The van der Waals surface area contributed by atoms with Gasteiger partial charge in [0.05, 0.1) is 6.10 Å². The maximum absolute atomic E-state index is 10.8. The number of carboxylic acids is 1. The fourth-order valence-electron chi connectivity index (χ4n) is 2.42. The SMILES string of the molecule is CCc1ccc(N(C)CC2CCC(C(=O)O)O2)cc1. The van der Waals surface area contributed by atoms with Crippen LogP contribution in [0.1, 0.15) is 25.3 Å². The molecule has 19 heavy (non-hydrogen) atoms. The summed E-state index contributed by atoms with van der Waals surface area (Å²) in [5.41, 5.74) is 2.46. The lowest BCUT2D eigenvalue weighted by molar-refractivity contribution is -0.149. The number of carbonyl (C=O) groups is 1. The van der Waals surface area contributed by atoms with Crippen molar-refractivity contribution in [1.29, 1.82) is 0 Å². The molecule has 0 amide bonds. The predicted octanol–water partition coefficient (Wildman–Crippen LogP) is 2.32. The maximum atomic E-state index is 10.8. The lowest BCUT2D eigenvalue weighted by Gasteiger charge is -2.23. The van der Waals surface area contributed by atoms with Gasteiger partial charge in [-0.1, -0.05) is 19.1 Å². The van der Waals surface area contributed by atoms with Crippen LogP contribution in [0.25, 0.3) is 0 Å². The minimum absolute atomic E-state index is 0.0111. The second kappa shape index (κ2) is 6.06. The molecule has 104 valence electrons. The van der Waals surface area contributed by atoms with Crippen LogP contribution < -0.4 is 4.90 Å². The third kappa shape index (κ3) is 3.47. The first-order chi connectivity index (χ1) is 9.10. The summed E-state index contributed by atoms with van der Waals surface area (Å²) in [5.74, 6) is -0.850. The number of nitrogens with zero attached hydrogens (tertiary/aromatic N) is 1. The smallest absolute Gasteiger partial charge is 0.332 e. The lowest BCUT2D eigenvalue weighted by atomic mass is 10.1. The standard InChI is InChI=1S/C15H21NO3/c1-3-11-4-6-12(7-5-11)16(2)10-13-8-9-14(19-13)15(17)18/h4-7,13-14H,3,8-10H2,1-2H3,(H,17,18). The zero-order valence-corrected chi connectivity index (χ0v) is 11.5. The molecule has 4 nitrogen and oxygen atoms in total. The number of anilines is 1. The van der Waals surface area contributed by atoms with E-state index in [9.17, 15) is 4.79 Å². The molecular weight excluding hydrogens is 242 g/mol. The molecule has 0 aliphatic carbocycles. The second-order valence-corrected chi connectivity index (χ2v) is 5.06. The van der Waals surface area contributed by atoms with E-state index in [-0.39, 0.29) is 6.10 Å². The van der Waals surface area contributed by atoms with Crippen LogP contribution in [0, 0.1) is 0 Å². The zero-order chi connectivity index (χ0) is 13.8. The van der Waals surface area contributed by atoms with Gasteiger partial charge in [-0.2, -0.15) is 0 Å². The molecule has 2 rings (SSSR count). The number of rotatable bonds is 5. The number of hydrogen-bond acceptors (Lipinski definition) is 3. The van der Waals surface area contributed by atoms with Crippen molar-refractivity contribution >= 4 is 11.7 Å². The highest BCUT2D eigenvalue weighted by molar-refractivity contribution is 5.72. The minimum atomic E-state index is -0.850. The number of carboxylic acid groups (broad SMARTS) is 1. The van der Waals surface area contributed by atoms with Crippen molar-refractivity contribution in [2.24, 2.45) is 0 Å². The van der Waals surface area contributed by atoms with E-state index >= 15 is 0 Å². The fourth-order valence-corrected chi connectivity index (χ4v) is 2.42. The zero-order valence-electron chi connectivity index (χ0n) is 11.5. The molecule has 2 atom stereocenters. The average molecular weight is 263 g/mol. The van der Waals surface area contributed by atoms with Gasteiger partial charge in [0.15, 0.2) is 6.10 Å². The second-order valence-electron chi connectivity index (χ2n) is 5.06. The van der Waals surface area contributed by atoms with Crippen LogP contribution in [-0.2, 0) is 16.0 Å². The maximum Gasteiger partial charge on any atom is 0.332 e. The quantitative estimate of drug-likeness (QED) is 0.885. The highest BCUT2D eigenvalue weighted by Crippen LogP contribution is 2.22. The highest BCUT2D eigenvalue weighted by atomic mass is 16.5. The number of aryl methyl sites for hydroxylation is 1. The molecule has 1 N–H and O–H groups in total. The molecule has 0 bridgehead atoms. The van der Waals surface area contributed by atoms with E-state index in [2.05, 4.69) is 36.1 Å². The van der Waals surface area contributed by atoms with Crippen molar-refractivity contribution in [3.05, 3.63) is 29.8 Å². The van der Waals surface area contributed by atoms with Crippen molar-refractivity contribution in [2.75, 3.05) is 18.5 Å². The van der Waals surface area contributed by atoms with Crippen LogP contribution in [-0.4, -0.2) is 36.9 Å². The molecule has 1 aromatic rings. The summed E-state index contributed by atoms with van der Waals surface area (Å²) in [7, 11) is 2.01. The average Bonchev–Trinajstić information content (AvgIpc) is 2.87. The van der Waals surface area contributed by atoms with Crippen LogP contribution >= 0.6 is 0 Å². The fraction of sp³-hybridized carbons (Fsp3) is 0.533. The molecule has 0 aromatic heterocycles. The van der Waals surface area contributed by atoms with E-state index in [1.807, 2.05) is 7.05 Å². The Morgan fingerprint density at radius 1 is 1.37 bits per heavy atom. The Labute approximate surface area is 114 Å². The van der Waals surface area contributed by atoms with E-state index < -0.39 is 12.1 Å². The Morgan fingerprint density at radius 2 is 2.05 bits per heavy atom. The molecule has 1 heterocycles. The molecule has 0 spiro atoms. The van der Waals surface area contributed by atoms with Gasteiger partial charge in [-0.25, -0.2) is 4.79 Å². The summed E-state index contributed by atoms with van der Waals surface area (Å²) in [6.45, 7) is 2.87. The van der Waals surface area contributed by atoms with Gasteiger partial charge < -0.3 is 14.7 Å². The van der Waals surface area contributed by atoms with E-state index in [0.29, 0.717) is 6.42 Å². The molecule has 2 unspecified atom stereocenters. The third-order valence-corrected chi connectivity index (χ3v) is 3.65. The van der Waals surface area contributed by atoms with Gasteiger partial charge in [0.1, 0.15) is 0 Å². The molecule has 0 saturated carbocycles. The molecule has 4 heteroatoms. The Bertz CT molecular complexity index is 430. The van der Waals surface area contributed by atoms with Crippen LogP contribution in [0.4, 0.5) is 5.69 Å². The van der Waals surface area contributed by atoms with Crippen LogP contribution in [0.2, 0.25) is 0 Å². The van der Waals surface area contributed by atoms with Gasteiger partial charge >= 0.3 is 5.97 Å². The Morgan fingerprint density at radius 3 is 2.58 bits per heavy atom. The number of benzene rings is 1. The predicted molar refractivity (Wildman–Crippen MR) is 74.6 cm³/mol. The Kier molecular flexibility index (Phi) is 4.43. The summed E-state index contributed by atoms with van der Waals surface area (Å²) in [6, 6.07) is 8.45.